The van der Waals surface area contributed by atoms with Crippen LogP contribution in [0.25, 0.3) is 0 Å². The first-order valence-corrected chi connectivity index (χ1v) is 9.49. The molecule has 2 unspecified atom stereocenters. The summed E-state index contributed by atoms with van der Waals surface area (Å²) in [6.07, 6.45) is 0.294. The Kier molecular flexibility index (Phi) is 4.68. The van der Waals surface area contributed by atoms with Gasteiger partial charge in [0.05, 0.1) is 20.8 Å². The summed E-state index contributed by atoms with van der Waals surface area (Å²) in [6, 6.07) is 11.2. The monoisotopic (exact) mass is 398 g/mol. The summed E-state index contributed by atoms with van der Waals surface area (Å²) in [5, 5.41) is 0. The lowest BCUT2D eigenvalue weighted by Crippen LogP contribution is -2.74. The number of halogens is 1. The Morgan fingerprint density at radius 2 is 1.83 bits per heavy atom. The average molecular weight is 398 g/mol. The number of nitrogens with zero attached hydrogens (tertiary/aromatic N) is 2. The van der Waals surface area contributed by atoms with Crippen LogP contribution in [0.4, 0.5) is 10.1 Å². The van der Waals surface area contributed by atoms with Crippen molar-refractivity contribution in [3.63, 3.8) is 0 Å². The van der Waals surface area contributed by atoms with E-state index < -0.39 is 5.54 Å². The number of benzene rings is 2. The molecule has 2 fully saturated rings. The van der Waals surface area contributed by atoms with Crippen molar-refractivity contribution in [3.05, 3.63) is 53.8 Å². The van der Waals surface area contributed by atoms with Crippen LogP contribution in [0, 0.1) is 11.7 Å². The van der Waals surface area contributed by atoms with E-state index in [1.54, 1.807) is 42.2 Å². The molecule has 2 amide bonds. The summed E-state index contributed by atoms with van der Waals surface area (Å²) in [6.45, 7) is 2.72. The van der Waals surface area contributed by atoms with Gasteiger partial charge in [-0.15, -0.1) is 0 Å². The van der Waals surface area contributed by atoms with Crippen LogP contribution in [0.3, 0.4) is 0 Å². The van der Waals surface area contributed by atoms with Gasteiger partial charge in [0.25, 0.3) is 5.91 Å². The molecular weight excluding hydrogens is 375 g/mol. The molecule has 2 saturated heterocycles. The van der Waals surface area contributed by atoms with E-state index in [9.17, 15) is 14.0 Å². The van der Waals surface area contributed by atoms with Crippen molar-refractivity contribution in [1.82, 2.24) is 4.90 Å². The van der Waals surface area contributed by atoms with Crippen LogP contribution in [0.1, 0.15) is 18.9 Å². The Hall–Kier alpha value is -3.09. The van der Waals surface area contributed by atoms with Crippen molar-refractivity contribution in [2.24, 2.45) is 5.92 Å². The van der Waals surface area contributed by atoms with Gasteiger partial charge >= 0.3 is 0 Å². The fraction of sp³-hybridized carbons (Fsp3) is 0.364. The van der Waals surface area contributed by atoms with Gasteiger partial charge in [-0.05, 0) is 42.3 Å². The van der Waals surface area contributed by atoms with Gasteiger partial charge in [-0.25, -0.2) is 4.39 Å². The van der Waals surface area contributed by atoms with Gasteiger partial charge in [-0.3, -0.25) is 14.5 Å². The molecule has 2 heterocycles. The highest BCUT2D eigenvalue weighted by molar-refractivity contribution is 6.10. The molecule has 0 aliphatic carbocycles. The standard InChI is InChI=1S/C22H23FN2O4/c1-14-10-20(26)25(17-7-5-16(23)6-8-17)22(14)13-24(21(22)27)12-15-4-9-18(28-2)11-19(15)29-3/h4-9,11,14H,10,12-13H2,1-3H3. The van der Waals surface area contributed by atoms with Crippen LogP contribution in [-0.2, 0) is 16.1 Å². The number of methoxy groups -OCH3 is 2. The minimum absolute atomic E-state index is 0.0990. The first kappa shape index (κ1) is 19.2. The van der Waals surface area contributed by atoms with E-state index in [-0.39, 0.29) is 23.5 Å². The molecule has 0 bridgehead atoms. The Balaban J connectivity index is 1.60. The SMILES string of the molecule is COc1ccc(CN2CC3(C2=O)C(C)CC(=O)N3c2ccc(F)cc2)c(OC)c1. The highest BCUT2D eigenvalue weighted by Crippen LogP contribution is 2.47. The molecular formula is C22H23FN2O4. The third kappa shape index (κ3) is 2.92. The topological polar surface area (TPSA) is 59.1 Å². The first-order chi connectivity index (χ1) is 13.9. The molecule has 152 valence electrons. The van der Waals surface area contributed by atoms with Crippen LogP contribution in [0.5, 0.6) is 11.5 Å². The molecule has 2 atom stereocenters. The maximum atomic E-state index is 13.3. The fourth-order valence-electron chi connectivity index (χ4n) is 4.39. The predicted octanol–water partition coefficient (Wildman–Crippen LogP) is 3.00. The third-order valence-corrected chi connectivity index (χ3v) is 5.97. The lowest BCUT2D eigenvalue weighted by molar-refractivity contribution is -0.154. The summed E-state index contributed by atoms with van der Waals surface area (Å²) in [5.74, 6) is 0.605. The second-order valence-corrected chi connectivity index (χ2v) is 7.57. The highest BCUT2D eigenvalue weighted by Gasteiger charge is 2.64. The summed E-state index contributed by atoms with van der Waals surface area (Å²) >= 11 is 0. The first-order valence-electron chi connectivity index (χ1n) is 9.49. The van der Waals surface area contributed by atoms with Crippen molar-refractivity contribution < 1.29 is 23.5 Å². The van der Waals surface area contributed by atoms with E-state index in [1.165, 1.54) is 12.1 Å². The summed E-state index contributed by atoms with van der Waals surface area (Å²) < 4.78 is 24.0. The minimum Gasteiger partial charge on any atom is -0.497 e. The summed E-state index contributed by atoms with van der Waals surface area (Å²) in [4.78, 5) is 29.3. The minimum atomic E-state index is -0.908. The van der Waals surface area contributed by atoms with Crippen LogP contribution < -0.4 is 14.4 Å². The number of carbonyl (C=O) groups excluding carboxylic acids is 2. The fourth-order valence-corrected chi connectivity index (χ4v) is 4.39. The number of ether oxygens (including phenoxy) is 2. The van der Waals surface area contributed by atoms with Crippen molar-refractivity contribution in [2.45, 2.75) is 25.4 Å². The Morgan fingerprint density at radius 3 is 2.45 bits per heavy atom. The zero-order valence-electron chi connectivity index (χ0n) is 16.6. The van der Waals surface area contributed by atoms with Crippen molar-refractivity contribution >= 4 is 17.5 Å². The number of hydrogen-bond acceptors (Lipinski definition) is 4. The average Bonchev–Trinajstić information content (AvgIpc) is 2.99. The summed E-state index contributed by atoms with van der Waals surface area (Å²) in [5.41, 5.74) is 0.506. The Labute approximate surface area is 168 Å². The predicted molar refractivity (Wildman–Crippen MR) is 105 cm³/mol. The van der Waals surface area contributed by atoms with E-state index in [0.29, 0.717) is 36.7 Å². The molecule has 2 aliphatic rings. The molecule has 6 nitrogen and oxygen atoms in total. The third-order valence-electron chi connectivity index (χ3n) is 5.97. The maximum Gasteiger partial charge on any atom is 0.251 e. The lowest BCUT2D eigenvalue weighted by Gasteiger charge is -2.53. The van der Waals surface area contributed by atoms with Crippen LogP contribution in [0.15, 0.2) is 42.5 Å². The molecule has 29 heavy (non-hydrogen) atoms. The van der Waals surface area contributed by atoms with Crippen molar-refractivity contribution in [1.29, 1.82) is 0 Å². The van der Waals surface area contributed by atoms with Crippen LogP contribution >= 0.6 is 0 Å². The number of amides is 2. The number of rotatable bonds is 5. The normalized spacial score (nSPS) is 23.5. The molecule has 1 spiro atoms. The quantitative estimate of drug-likeness (QED) is 0.727. The van der Waals surface area contributed by atoms with Gasteiger partial charge in [0, 0.05) is 30.3 Å². The highest BCUT2D eigenvalue weighted by atomic mass is 19.1. The molecule has 0 N–H and O–H groups in total. The van der Waals surface area contributed by atoms with Gasteiger partial charge in [0.2, 0.25) is 5.91 Å². The number of β-lactam (4-membered cyclic amide) rings is 1. The molecule has 2 aromatic rings. The van der Waals surface area contributed by atoms with Gasteiger partial charge < -0.3 is 14.4 Å². The van der Waals surface area contributed by atoms with Gasteiger partial charge in [-0.2, -0.15) is 0 Å². The Bertz CT molecular complexity index is 962. The van der Waals surface area contributed by atoms with Crippen molar-refractivity contribution in [2.75, 3.05) is 25.7 Å². The molecule has 2 aliphatic heterocycles. The van der Waals surface area contributed by atoms with Crippen molar-refractivity contribution in [3.8, 4) is 11.5 Å². The molecule has 0 saturated carbocycles. The Morgan fingerprint density at radius 1 is 1.10 bits per heavy atom. The second kappa shape index (κ2) is 7.06. The number of hydrogen-bond donors (Lipinski definition) is 0. The number of carbonyl (C=O) groups is 2. The smallest absolute Gasteiger partial charge is 0.251 e. The van der Waals surface area contributed by atoms with Gasteiger partial charge in [0.15, 0.2) is 0 Å². The van der Waals surface area contributed by atoms with E-state index >= 15 is 0 Å². The number of anilines is 1. The van der Waals surface area contributed by atoms with E-state index in [0.717, 1.165) is 5.56 Å². The molecule has 0 radical (unpaired) electrons. The summed E-state index contributed by atoms with van der Waals surface area (Å²) in [7, 11) is 3.16. The van der Waals surface area contributed by atoms with Crippen LogP contribution in [0.2, 0.25) is 0 Å². The second-order valence-electron chi connectivity index (χ2n) is 7.57. The van der Waals surface area contributed by atoms with E-state index in [1.807, 2.05) is 19.1 Å². The van der Waals surface area contributed by atoms with E-state index in [4.69, 9.17) is 9.47 Å². The lowest BCUT2D eigenvalue weighted by atomic mass is 9.77. The van der Waals surface area contributed by atoms with Gasteiger partial charge in [0.1, 0.15) is 22.9 Å². The molecule has 7 heteroatoms. The van der Waals surface area contributed by atoms with Gasteiger partial charge in [-0.1, -0.05) is 6.92 Å². The molecule has 4 rings (SSSR count). The van der Waals surface area contributed by atoms with Crippen LogP contribution in [-0.4, -0.2) is 43.0 Å². The maximum absolute atomic E-state index is 13.3. The van der Waals surface area contributed by atoms with E-state index in [2.05, 4.69) is 0 Å². The largest absolute Gasteiger partial charge is 0.497 e. The zero-order valence-corrected chi connectivity index (χ0v) is 16.6. The molecule has 0 aromatic heterocycles. The number of likely N-dealkylation sites (tertiary alicyclic amines) is 1. The zero-order chi connectivity index (χ0) is 20.8. The molecule has 2 aromatic carbocycles.